The number of rotatable bonds is 0. The van der Waals surface area contributed by atoms with Crippen LogP contribution in [0.4, 0.5) is 0 Å². The summed E-state index contributed by atoms with van der Waals surface area (Å²) in [6.45, 7) is 14.0. The Balaban J connectivity index is 1.41. The van der Waals surface area contributed by atoms with E-state index in [1.807, 2.05) is 22.7 Å². The Morgan fingerprint density at radius 3 is 1.17 bits per heavy atom. The minimum Gasteiger partial charge on any atom is -0.306 e. The van der Waals surface area contributed by atoms with Crippen molar-refractivity contribution in [3.63, 3.8) is 0 Å². The van der Waals surface area contributed by atoms with E-state index in [1.165, 1.54) is 138 Å². The van der Waals surface area contributed by atoms with Gasteiger partial charge in [0.2, 0.25) is 0 Å². The molecule has 0 fully saturated rings. The number of hydrogen-bond donors (Lipinski definition) is 0. The molecule has 6 heterocycles. The molecule has 14 aromatic rings. The lowest BCUT2D eigenvalue weighted by Gasteiger charge is -2.22. The van der Waals surface area contributed by atoms with Crippen molar-refractivity contribution in [3.8, 4) is 0 Å². The number of hydrogen-bond acceptors (Lipinski definition) is 2. The molecule has 0 N–H and O–H groups in total. The molecule has 0 amide bonds. The smallest absolute Gasteiger partial charge is 0.0819 e. The van der Waals surface area contributed by atoms with Crippen LogP contribution in [0.25, 0.3) is 127 Å². The lowest BCUT2D eigenvalue weighted by molar-refractivity contribution is 0.591. The standard InChI is InChI=1S/C54H38N2S2/c1-53(2,3)27-21-23-37-35(25-27)29-15-11-17-33-41(29)47-45(51-43(33)31-13-7-9-19-39(31)57-51)50-49(55(37)47)46-48-42-30(36-26-28(54(4,5)6)22-24-38(36)56(48)50)16-12-18-34(42)44-32-14-8-10-20-40(32)58-52(44)46/h7-26H,1-6H3. The van der Waals surface area contributed by atoms with Gasteiger partial charge in [0.05, 0.1) is 33.1 Å². The monoisotopic (exact) mass is 778 g/mol. The highest BCUT2D eigenvalue weighted by Crippen LogP contribution is 2.56. The van der Waals surface area contributed by atoms with Crippen LogP contribution in [0.15, 0.2) is 121 Å². The third-order valence-corrected chi connectivity index (χ3v) is 16.0. The summed E-state index contributed by atoms with van der Waals surface area (Å²) < 4.78 is 10.9. The summed E-state index contributed by atoms with van der Waals surface area (Å²) in [6, 6.07) is 47.0. The first-order chi connectivity index (χ1) is 28.1. The molecule has 0 atom stereocenters. The maximum Gasteiger partial charge on any atom is 0.0819 e. The van der Waals surface area contributed by atoms with Crippen molar-refractivity contribution in [2.24, 2.45) is 0 Å². The number of thiophene rings is 2. The van der Waals surface area contributed by atoms with E-state index in [9.17, 15) is 0 Å². The highest BCUT2D eigenvalue weighted by atomic mass is 32.1. The Morgan fingerprint density at radius 2 is 0.741 bits per heavy atom. The van der Waals surface area contributed by atoms with Crippen LogP contribution in [-0.4, -0.2) is 8.80 Å². The highest BCUT2D eigenvalue weighted by molar-refractivity contribution is 7.27. The third kappa shape index (κ3) is 3.64. The molecule has 0 unspecified atom stereocenters. The molecule has 8 aromatic carbocycles. The summed E-state index contributed by atoms with van der Waals surface area (Å²) in [4.78, 5) is 0. The Bertz CT molecular complexity index is 3880. The van der Waals surface area contributed by atoms with E-state index in [-0.39, 0.29) is 10.8 Å². The Labute approximate surface area is 341 Å². The van der Waals surface area contributed by atoms with Crippen molar-refractivity contribution in [1.82, 2.24) is 8.80 Å². The summed E-state index contributed by atoms with van der Waals surface area (Å²) in [5.41, 5.74) is 10.7. The maximum absolute atomic E-state index is 2.72. The van der Waals surface area contributed by atoms with Gasteiger partial charge in [0.1, 0.15) is 0 Å². The van der Waals surface area contributed by atoms with E-state index in [0.717, 1.165) is 0 Å². The van der Waals surface area contributed by atoms with Crippen molar-refractivity contribution in [1.29, 1.82) is 0 Å². The number of nitrogens with zero attached hydrogens (tertiary/aromatic N) is 2. The minimum atomic E-state index is 0.0149. The predicted molar refractivity (Wildman–Crippen MR) is 256 cm³/mol. The fourth-order valence-electron chi connectivity index (χ4n) is 11.0. The third-order valence-electron chi connectivity index (χ3n) is 13.6. The van der Waals surface area contributed by atoms with E-state index in [2.05, 4.69) is 172 Å². The van der Waals surface area contributed by atoms with Crippen LogP contribution < -0.4 is 0 Å². The van der Waals surface area contributed by atoms with Gasteiger partial charge in [-0.1, -0.05) is 126 Å². The topological polar surface area (TPSA) is 8.82 Å². The first-order valence-electron chi connectivity index (χ1n) is 20.5. The van der Waals surface area contributed by atoms with Crippen molar-refractivity contribution in [2.75, 3.05) is 0 Å². The molecule has 276 valence electrons. The molecule has 58 heavy (non-hydrogen) atoms. The van der Waals surface area contributed by atoms with E-state index in [1.54, 1.807) is 0 Å². The van der Waals surface area contributed by atoms with Gasteiger partial charge in [-0.25, -0.2) is 0 Å². The second-order valence-electron chi connectivity index (χ2n) is 18.8. The van der Waals surface area contributed by atoms with Crippen molar-refractivity contribution >= 4 is 150 Å². The number of aromatic nitrogens is 2. The average molecular weight is 779 g/mol. The van der Waals surface area contributed by atoms with Crippen LogP contribution in [0.2, 0.25) is 0 Å². The molecule has 6 aromatic heterocycles. The van der Waals surface area contributed by atoms with Gasteiger partial charge in [-0.05, 0) is 79.9 Å². The quantitative estimate of drug-likeness (QED) is 0.107. The zero-order valence-corrected chi connectivity index (χ0v) is 34.9. The van der Waals surface area contributed by atoms with Gasteiger partial charge in [0.25, 0.3) is 0 Å². The molecule has 0 aliphatic carbocycles. The fourth-order valence-corrected chi connectivity index (χ4v) is 13.5. The average Bonchev–Trinajstić information content (AvgIpc) is 3.97. The van der Waals surface area contributed by atoms with Crippen LogP contribution in [0.1, 0.15) is 52.7 Å². The van der Waals surface area contributed by atoms with Gasteiger partial charge in [-0.2, -0.15) is 0 Å². The van der Waals surface area contributed by atoms with Crippen LogP contribution in [0.5, 0.6) is 0 Å². The summed E-state index contributed by atoms with van der Waals surface area (Å²) in [5, 5.41) is 19.0. The van der Waals surface area contributed by atoms with E-state index < -0.39 is 0 Å². The lowest BCUT2D eigenvalue weighted by Crippen LogP contribution is -2.11. The van der Waals surface area contributed by atoms with Gasteiger partial charge < -0.3 is 8.80 Å². The molecule has 0 bridgehead atoms. The van der Waals surface area contributed by atoms with E-state index in [0.29, 0.717) is 0 Å². The number of pyridine rings is 2. The van der Waals surface area contributed by atoms with Crippen molar-refractivity contribution in [3.05, 3.63) is 132 Å². The minimum absolute atomic E-state index is 0.0149. The summed E-state index contributed by atoms with van der Waals surface area (Å²) >= 11 is 3.94. The second kappa shape index (κ2) is 10.2. The molecular formula is C54H38N2S2. The molecule has 0 aliphatic heterocycles. The normalized spacial score (nSPS) is 13.7. The molecule has 14 rings (SSSR count). The Morgan fingerprint density at radius 1 is 0.345 bits per heavy atom. The Hall–Kier alpha value is -5.94. The van der Waals surface area contributed by atoms with Crippen LogP contribution in [-0.2, 0) is 10.8 Å². The van der Waals surface area contributed by atoms with Crippen molar-refractivity contribution in [2.45, 2.75) is 52.4 Å². The molecule has 0 aliphatic rings. The number of benzene rings is 8. The maximum atomic E-state index is 2.72. The van der Waals surface area contributed by atoms with Gasteiger partial charge in [0, 0.05) is 72.7 Å². The summed E-state index contributed by atoms with van der Waals surface area (Å²) in [5.74, 6) is 0. The van der Waals surface area contributed by atoms with Gasteiger partial charge >= 0.3 is 0 Å². The highest BCUT2D eigenvalue weighted by Gasteiger charge is 2.32. The molecule has 4 heteroatoms. The first kappa shape index (κ1) is 32.1. The molecule has 0 saturated carbocycles. The van der Waals surface area contributed by atoms with Gasteiger partial charge in [-0.15, -0.1) is 22.7 Å². The molecule has 0 saturated heterocycles. The van der Waals surface area contributed by atoms with E-state index in [4.69, 9.17) is 0 Å². The SMILES string of the molecule is CC(C)(C)c1ccc2c(c1)c1cccc3c4c5ccccc5sc4c4c(c13)n2c1c2c3sc5ccccc5c3c3cccc5c6cc(C(C)(C)C)ccc6n(c2c53)c41. The largest absolute Gasteiger partial charge is 0.306 e. The predicted octanol–water partition coefficient (Wildman–Crippen LogP) is 16.5. The second-order valence-corrected chi connectivity index (χ2v) is 20.9. The van der Waals surface area contributed by atoms with Crippen LogP contribution in [0, 0.1) is 0 Å². The van der Waals surface area contributed by atoms with Crippen molar-refractivity contribution < 1.29 is 0 Å². The molecule has 0 radical (unpaired) electrons. The van der Waals surface area contributed by atoms with E-state index >= 15 is 0 Å². The van der Waals surface area contributed by atoms with Crippen LogP contribution >= 0.6 is 22.7 Å². The van der Waals surface area contributed by atoms with Crippen LogP contribution in [0.3, 0.4) is 0 Å². The molecule has 2 nitrogen and oxygen atoms in total. The fraction of sp³-hybridized carbons (Fsp3) is 0.148. The van der Waals surface area contributed by atoms with Gasteiger partial charge in [-0.3, -0.25) is 0 Å². The zero-order chi connectivity index (χ0) is 38.7. The summed E-state index contributed by atoms with van der Waals surface area (Å²) in [6.07, 6.45) is 0. The molecule has 0 spiro atoms. The number of fused-ring (bicyclic) bond motifs is 21. The Kier molecular flexibility index (Phi) is 5.63. The summed E-state index contributed by atoms with van der Waals surface area (Å²) in [7, 11) is 0. The zero-order valence-electron chi connectivity index (χ0n) is 33.3. The van der Waals surface area contributed by atoms with Gasteiger partial charge in [0.15, 0.2) is 0 Å². The lowest BCUT2D eigenvalue weighted by atomic mass is 9.85. The molecular weight excluding hydrogens is 741 g/mol. The first-order valence-corrected chi connectivity index (χ1v) is 22.2.